The van der Waals surface area contributed by atoms with Gasteiger partial charge < -0.3 is 10.1 Å². The topological polar surface area (TPSA) is 105 Å². The van der Waals surface area contributed by atoms with Crippen molar-refractivity contribution in [3.63, 3.8) is 0 Å². The highest BCUT2D eigenvalue weighted by molar-refractivity contribution is 14.1. The van der Waals surface area contributed by atoms with Gasteiger partial charge in [-0.15, -0.1) is 0 Å². The fraction of sp³-hybridized carbons (Fsp3) is 0.0833. The number of carbonyl (C=O) groups is 1. The molecule has 0 heterocycles. The van der Waals surface area contributed by atoms with Gasteiger partial charge >= 0.3 is 0 Å². The van der Waals surface area contributed by atoms with Crippen molar-refractivity contribution in [2.24, 2.45) is 0 Å². The van der Waals surface area contributed by atoms with Gasteiger partial charge in [0, 0.05) is 22.8 Å². The fourth-order valence-corrected chi connectivity index (χ4v) is 3.70. The Morgan fingerprint density at radius 1 is 1.21 bits per heavy atom. The number of anilines is 1. The van der Waals surface area contributed by atoms with Crippen LogP contribution < -0.4 is 10.1 Å². The van der Waals surface area contributed by atoms with E-state index in [1.807, 2.05) is 13.0 Å². The molecule has 0 unspecified atom stereocenters. The normalized spacial score (nSPS) is 10.9. The number of nitro groups is 1. The molecular weight excluding hydrogens is 557 g/mol. The third-order valence-electron chi connectivity index (χ3n) is 4.62. The summed E-state index contributed by atoms with van der Waals surface area (Å²) >= 11 is 8.09. The number of hydrogen-bond acceptors (Lipinski definition) is 5. The van der Waals surface area contributed by atoms with E-state index in [1.165, 1.54) is 18.2 Å². The predicted octanol–water partition coefficient (Wildman–Crippen LogP) is 6.29. The highest BCUT2D eigenvalue weighted by Gasteiger charge is 2.12. The molecular formula is C24H17ClIN3O4. The highest BCUT2D eigenvalue weighted by Crippen LogP contribution is 2.25. The van der Waals surface area contributed by atoms with Crippen LogP contribution in [0.5, 0.6) is 5.75 Å². The molecule has 1 N–H and O–H groups in total. The number of ether oxygens (including phenoxy) is 1. The maximum atomic E-state index is 12.6. The van der Waals surface area contributed by atoms with E-state index >= 15 is 0 Å². The fourth-order valence-electron chi connectivity index (χ4n) is 2.83. The predicted molar refractivity (Wildman–Crippen MR) is 135 cm³/mol. The highest BCUT2D eigenvalue weighted by atomic mass is 127. The molecule has 7 nitrogen and oxygen atoms in total. The van der Waals surface area contributed by atoms with E-state index in [0.717, 1.165) is 14.7 Å². The first-order valence-electron chi connectivity index (χ1n) is 9.62. The maximum Gasteiger partial charge on any atom is 0.269 e. The summed E-state index contributed by atoms with van der Waals surface area (Å²) in [5, 5.41) is 23.4. The minimum atomic E-state index is -0.531. The average molecular weight is 574 g/mol. The molecule has 0 aromatic heterocycles. The van der Waals surface area contributed by atoms with Crippen molar-refractivity contribution in [2.45, 2.75) is 13.5 Å². The Hall–Kier alpha value is -3.42. The summed E-state index contributed by atoms with van der Waals surface area (Å²) in [6.07, 6.45) is 1.50. The van der Waals surface area contributed by atoms with Gasteiger partial charge in [-0.25, -0.2) is 0 Å². The molecule has 0 fully saturated rings. The quantitative estimate of drug-likeness (QED) is 0.118. The standard InChI is InChI=1S/C24H17ClIN3O4/c1-15-2-6-19(25)12-22(15)28-24(30)18(13-27)10-17-5-9-23(21(26)11-17)33-14-16-3-7-20(8-4-16)29(31)32/h2-12H,14H2,1H3,(H,28,30)/b18-10+. The van der Waals surface area contributed by atoms with Crippen molar-refractivity contribution in [2.75, 3.05) is 5.32 Å². The monoisotopic (exact) mass is 573 g/mol. The molecule has 0 spiro atoms. The van der Waals surface area contributed by atoms with Gasteiger partial charge in [-0.1, -0.05) is 23.7 Å². The van der Waals surface area contributed by atoms with Crippen LogP contribution in [0.1, 0.15) is 16.7 Å². The number of carbonyl (C=O) groups excluding carboxylic acids is 1. The third-order valence-corrected chi connectivity index (χ3v) is 5.70. The Kier molecular flexibility index (Phi) is 8.03. The zero-order valence-corrected chi connectivity index (χ0v) is 20.3. The molecule has 3 rings (SSSR count). The third kappa shape index (κ3) is 6.54. The molecule has 0 saturated heterocycles. The second-order valence-electron chi connectivity index (χ2n) is 6.99. The van der Waals surface area contributed by atoms with Gasteiger partial charge in [-0.2, -0.15) is 5.26 Å². The zero-order valence-electron chi connectivity index (χ0n) is 17.3. The molecule has 0 saturated carbocycles. The van der Waals surface area contributed by atoms with E-state index in [4.69, 9.17) is 16.3 Å². The number of rotatable bonds is 7. The SMILES string of the molecule is Cc1ccc(Cl)cc1NC(=O)/C(C#N)=C/c1ccc(OCc2ccc([N+](=O)[O-])cc2)c(I)c1. The molecule has 0 aliphatic rings. The number of halogens is 2. The first kappa shape index (κ1) is 24.2. The van der Waals surface area contributed by atoms with Crippen LogP contribution in [-0.2, 0) is 11.4 Å². The molecule has 0 bridgehead atoms. The molecule has 0 radical (unpaired) electrons. The van der Waals surface area contributed by atoms with Gasteiger partial charge in [0.25, 0.3) is 11.6 Å². The average Bonchev–Trinajstić information content (AvgIpc) is 2.79. The maximum absolute atomic E-state index is 12.6. The van der Waals surface area contributed by atoms with Crippen LogP contribution in [0.3, 0.4) is 0 Å². The van der Waals surface area contributed by atoms with Crippen molar-refractivity contribution in [3.8, 4) is 11.8 Å². The van der Waals surface area contributed by atoms with Crippen molar-refractivity contribution in [3.05, 3.63) is 102 Å². The molecule has 3 aromatic carbocycles. The summed E-state index contributed by atoms with van der Waals surface area (Å²) in [5.41, 5.74) is 2.79. The Morgan fingerprint density at radius 3 is 2.58 bits per heavy atom. The summed E-state index contributed by atoms with van der Waals surface area (Å²) < 4.78 is 6.59. The van der Waals surface area contributed by atoms with Crippen LogP contribution >= 0.6 is 34.2 Å². The summed E-state index contributed by atoms with van der Waals surface area (Å²) in [4.78, 5) is 22.9. The van der Waals surface area contributed by atoms with E-state index in [-0.39, 0.29) is 17.9 Å². The summed E-state index contributed by atoms with van der Waals surface area (Å²) in [5.74, 6) is 0.0833. The van der Waals surface area contributed by atoms with Gasteiger partial charge in [0.1, 0.15) is 24.0 Å². The number of benzene rings is 3. The second kappa shape index (κ2) is 10.9. The number of amides is 1. The van der Waals surface area contributed by atoms with Gasteiger partial charge in [0.05, 0.1) is 8.49 Å². The summed E-state index contributed by atoms with van der Waals surface area (Å²) in [7, 11) is 0. The molecule has 3 aromatic rings. The van der Waals surface area contributed by atoms with Crippen LogP contribution in [0.15, 0.2) is 66.2 Å². The van der Waals surface area contributed by atoms with Crippen molar-refractivity contribution in [1.29, 1.82) is 5.26 Å². The lowest BCUT2D eigenvalue weighted by Gasteiger charge is -2.10. The number of nitro benzene ring substituents is 1. The van der Waals surface area contributed by atoms with Gasteiger partial charge in [0.15, 0.2) is 0 Å². The van der Waals surface area contributed by atoms with E-state index in [9.17, 15) is 20.2 Å². The van der Waals surface area contributed by atoms with E-state index in [1.54, 1.807) is 48.5 Å². The number of aryl methyl sites for hydroxylation is 1. The second-order valence-corrected chi connectivity index (χ2v) is 8.58. The Labute approximate surface area is 208 Å². The lowest BCUT2D eigenvalue weighted by molar-refractivity contribution is -0.384. The first-order chi connectivity index (χ1) is 15.8. The van der Waals surface area contributed by atoms with E-state index in [0.29, 0.717) is 22.0 Å². The minimum absolute atomic E-state index is 0.0207. The Morgan fingerprint density at radius 2 is 1.94 bits per heavy atom. The zero-order chi connectivity index (χ0) is 24.0. The van der Waals surface area contributed by atoms with Crippen LogP contribution in [-0.4, -0.2) is 10.8 Å². The van der Waals surface area contributed by atoms with Gasteiger partial charge in [-0.05, 0) is 88.7 Å². The van der Waals surface area contributed by atoms with Crippen LogP contribution in [0, 0.1) is 31.9 Å². The molecule has 166 valence electrons. The molecule has 9 heteroatoms. The number of nitriles is 1. The van der Waals surface area contributed by atoms with Crippen LogP contribution in [0.4, 0.5) is 11.4 Å². The first-order valence-corrected chi connectivity index (χ1v) is 11.1. The lowest BCUT2D eigenvalue weighted by Crippen LogP contribution is -2.14. The molecule has 0 aliphatic heterocycles. The lowest BCUT2D eigenvalue weighted by atomic mass is 10.1. The van der Waals surface area contributed by atoms with Crippen molar-refractivity contribution < 1.29 is 14.5 Å². The van der Waals surface area contributed by atoms with Crippen molar-refractivity contribution in [1.82, 2.24) is 0 Å². The van der Waals surface area contributed by atoms with Crippen molar-refractivity contribution >= 4 is 57.5 Å². The molecule has 1 amide bonds. The summed E-state index contributed by atoms with van der Waals surface area (Å²) in [6.45, 7) is 2.08. The van der Waals surface area contributed by atoms with Gasteiger partial charge in [0.2, 0.25) is 0 Å². The number of non-ortho nitro benzene ring substituents is 1. The molecule has 33 heavy (non-hydrogen) atoms. The number of nitrogens with one attached hydrogen (secondary N) is 1. The molecule has 0 atom stereocenters. The molecule has 0 aliphatic carbocycles. The number of hydrogen-bond donors (Lipinski definition) is 1. The Balaban J connectivity index is 1.70. The summed E-state index contributed by atoms with van der Waals surface area (Å²) in [6, 6.07) is 18.5. The van der Waals surface area contributed by atoms with Crippen LogP contribution in [0.25, 0.3) is 6.08 Å². The number of nitrogens with zero attached hydrogens (tertiary/aromatic N) is 2. The van der Waals surface area contributed by atoms with E-state index < -0.39 is 10.8 Å². The van der Waals surface area contributed by atoms with Crippen LogP contribution in [0.2, 0.25) is 5.02 Å². The van der Waals surface area contributed by atoms with Gasteiger partial charge in [-0.3, -0.25) is 14.9 Å². The smallest absolute Gasteiger partial charge is 0.269 e. The largest absolute Gasteiger partial charge is 0.488 e. The minimum Gasteiger partial charge on any atom is -0.488 e. The van der Waals surface area contributed by atoms with E-state index in [2.05, 4.69) is 27.9 Å². The Bertz CT molecular complexity index is 1280.